The third-order valence-corrected chi connectivity index (χ3v) is 14.8. The summed E-state index contributed by atoms with van der Waals surface area (Å²) >= 11 is 0. The molecule has 0 fully saturated rings. The van der Waals surface area contributed by atoms with E-state index in [1.165, 1.54) is 225 Å². The minimum atomic E-state index is -0.782. The van der Waals surface area contributed by atoms with Gasteiger partial charge in [-0.2, -0.15) is 0 Å². The van der Waals surface area contributed by atoms with E-state index in [4.69, 9.17) is 14.2 Å². The Morgan fingerprint density at radius 3 is 0.787 bits per heavy atom. The van der Waals surface area contributed by atoms with Crippen molar-refractivity contribution in [3.05, 3.63) is 48.6 Å². The predicted octanol–water partition coefficient (Wildman–Crippen LogP) is 22.6. The highest BCUT2D eigenvalue weighted by Gasteiger charge is 2.19. The minimum absolute atomic E-state index is 0.0777. The number of carbonyl (C=O) groups is 3. The van der Waals surface area contributed by atoms with Crippen molar-refractivity contribution in [2.75, 3.05) is 13.2 Å². The first-order valence-corrected chi connectivity index (χ1v) is 33.1. The van der Waals surface area contributed by atoms with Crippen LogP contribution in [0.1, 0.15) is 355 Å². The van der Waals surface area contributed by atoms with Crippen molar-refractivity contribution in [3.8, 4) is 0 Å². The van der Waals surface area contributed by atoms with Crippen LogP contribution in [0.15, 0.2) is 48.6 Å². The van der Waals surface area contributed by atoms with Gasteiger partial charge >= 0.3 is 17.9 Å². The summed E-state index contributed by atoms with van der Waals surface area (Å²) in [7, 11) is 0. The van der Waals surface area contributed by atoms with Crippen molar-refractivity contribution in [1.29, 1.82) is 0 Å². The topological polar surface area (TPSA) is 78.9 Å². The zero-order chi connectivity index (χ0) is 54.3. The lowest BCUT2D eigenvalue weighted by atomic mass is 10.0. The van der Waals surface area contributed by atoms with E-state index < -0.39 is 6.10 Å². The van der Waals surface area contributed by atoms with E-state index in [2.05, 4.69) is 69.4 Å². The molecule has 0 heterocycles. The molecule has 0 aromatic rings. The molecule has 0 saturated carbocycles. The molecule has 0 rings (SSSR count). The van der Waals surface area contributed by atoms with Crippen LogP contribution in [0.3, 0.4) is 0 Å². The van der Waals surface area contributed by atoms with Crippen LogP contribution in [0.2, 0.25) is 0 Å². The van der Waals surface area contributed by atoms with Crippen molar-refractivity contribution in [1.82, 2.24) is 0 Å². The van der Waals surface area contributed by atoms with Crippen LogP contribution in [0.5, 0.6) is 0 Å². The molecular weight excluding hydrogens is 925 g/mol. The molecular formula is C69H126O6. The lowest BCUT2D eigenvalue weighted by molar-refractivity contribution is -0.167. The summed E-state index contributed by atoms with van der Waals surface area (Å²) in [5.74, 6) is -0.880. The highest BCUT2D eigenvalue weighted by molar-refractivity contribution is 5.71. The van der Waals surface area contributed by atoms with Gasteiger partial charge in [0.05, 0.1) is 0 Å². The van der Waals surface area contributed by atoms with Crippen LogP contribution in [0.25, 0.3) is 0 Å². The number of rotatable bonds is 61. The highest BCUT2D eigenvalue weighted by Crippen LogP contribution is 2.18. The van der Waals surface area contributed by atoms with Crippen LogP contribution < -0.4 is 0 Å². The Morgan fingerprint density at radius 2 is 0.480 bits per heavy atom. The number of esters is 3. The molecule has 0 aliphatic carbocycles. The molecule has 0 radical (unpaired) electrons. The van der Waals surface area contributed by atoms with Crippen molar-refractivity contribution in [2.24, 2.45) is 0 Å². The molecule has 6 heteroatoms. The SMILES string of the molecule is CCCCC/C=C\C/C=C\C/C=C\CCCCCCCCC(=O)OC(COC(=O)CCCCCCC/C=C\CCCCC)COC(=O)CCCCCCCCCCCCCCCCCCCCCCCCCCCC. The maximum absolute atomic E-state index is 12.9. The van der Waals surface area contributed by atoms with E-state index in [0.29, 0.717) is 19.3 Å². The lowest BCUT2D eigenvalue weighted by Gasteiger charge is -2.18. The average Bonchev–Trinajstić information content (AvgIpc) is 3.41. The van der Waals surface area contributed by atoms with Gasteiger partial charge in [-0.1, -0.05) is 301 Å². The standard InChI is InChI=1S/C69H126O6/c1-4-7-10-13-16-19-22-25-27-29-31-32-33-34-35-36-37-39-40-42-44-47-50-53-56-59-62-68(71)74-65-66(64-73-67(70)61-58-55-52-49-46-24-21-18-15-12-9-6-3)75-69(72)63-60-57-54-51-48-45-43-41-38-30-28-26-23-20-17-14-11-8-5-2/h17-18,20-21,26,28,38,41,66H,4-16,19,22-25,27,29-37,39-40,42-65H2,1-3H3/b20-17-,21-18-,28-26-,41-38-. The second kappa shape index (κ2) is 63.9. The molecule has 0 aliphatic rings. The van der Waals surface area contributed by atoms with Gasteiger partial charge in [0.2, 0.25) is 0 Å². The van der Waals surface area contributed by atoms with E-state index in [0.717, 1.165) is 89.9 Å². The third-order valence-electron chi connectivity index (χ3n) is 14.8. The summed E-state index contributed by atoms with van der Waals surface area (Å²) in [5, 5.41) is 0. The molecule has 0 N–H and O–H groups in total. The second-order valence-corrected chi connectivity index (χ2v) is 22.4. The Hall–Kier alpha value is -2.63. The number of ether oxygens (including phenoxy) is 3. The molecule has 0 aliphatic heterocycles. The van der Waals surface area contributed by atoms with Gasteiger partial charge in [0.15, 0.2) is 6.10 Å². The second-order valence-electron chi connectivity index (χ2n) is 22.4. The van der Waals surface area contributed by atoms with Crippen LogP contribution in [0, 0.1) is 0 Å². The average molecular weight is 1050 g/mol. The largest absolute Gasteiger partial charge is 0.462 e. The van der Waals surface area contributed by atoms with E-state index >= 15 is 0 Å². The molecule has 6 nitrogen and oxygen atoms in total. The predicted molar refractivity (Wildman–Crippen MR) is 325 cm³/mol. The van der Waals surface area contributed by atoms with E-state index in [9.17, 15) is 14.4 Å². The first-order valence-electron chi connectivity index (χ1n) is 33.1. The highest BCUT2D eigenvalue weighted by atomic mass is 16.6. The maximum atomic E-state index is 12.9. The molecule has 0 aromatic carbocycles. The quantitative estimate of drug-likeness (QED) is 0.0261. The molecule has 1 unspecified atom stereocenters. The molecule has 1 atom stereocenters. The molecule has 0 amide bonds. The van der Waals surface area contributed by atoms with Gasteiger partial charge in [-0.25, -0.2) is 0 Å². The van der Waals surface area contributed by atoms with E-state index in [1.54, 1.807) is 0 Å². The Balaban J connectivity index is 4.23. The smallest absolute Gasteiger partial charge is 0.306 e. The first kappa shape index (κ1) is 72.4. The van der Waals surface area contributed by atoms with Crippen LogP contribution in [-0.4, -0.2) is 37.2 Å². The fourth-order valence-corrected chi connectivity index (χ4v) is 9.80. The zero-order valence-corrected chi connectivity index (χ0v) is 50.3. The van der Waals surface area contributed by atoms with Crippen molar-refractivity contribution in [3.63, 3.8) is 0 Å². The Morgan fingerprint density at radius 1 is 0.267 bits per heavy atom. The number of hydrogen-bond acceptors (Lipinski definition) is 6. The lowest BCUT2D eigenvalue weighted by Crippen LogP contribution is -2.30. The van der Waals surface area contributed by atoms with Gasteiger partial charge in [-0.15, -0.1) is 0 Å². The number of unbranched alkanes of at least 4 members (excludes halogenated alkanes) is 42. The number of carbonyl (C=O) groups excluding carboxylic acids is 3. The van der Waals surface area contributed by atoms with Crippen molar-refractivity contribution >= 4 is 17.9 Å². The molecule has 0 spiro atoms. The van der Waals surface area contributed by atoms with Crippen LogP contribution in [-0.2, 0) is 28.6 Å². The summed E-state index contributed by atoms with van der Waals surface area (Å²) in [6, 6.07) is 0. The first-order chi connectivity index (χ1) is 37.0. The third kappa shape index (κ3) is 62.1. The summed E-state index contributed by atoms with van der Waals surface area (Å²) in [5.41, 5.74) is 0. The summed E-state index contributed by atoms with van der Waals surface area (Å²) < 4.78 is 16.9. The van der Waals surface area contributed by atoms with Crippen molar-refractivity contribution < 1.29 is 28.6 Å². The van der Waals surface area contributed by atoms with E-state index in [1.807, 2.05) is 0 Å². The summed E-state index contributed by atoms with van der Waals surface area (Å²) in [6.07, 6.45) is 79.9. The van der Waals surface area contributed by atoms with Gasteiger partial charge in [0, 0.05) is 19.3 Å². The van der Waals surface area contributed by atoms with Crippen LogP contribution in [0.4, 0.5) is 0 Å². The molecule has 438 valence electrons. The Kier molecular flexibility index (Phi) is 61.7. The molecule has 0 aromatic heterocycles. The molecule has 0 saturated heterocycles. The molecule has 0 bridgehead atoms. The fraction of sp³-hybridized carbons (Fsp3) is 0.841. The van der Waals surface area contributed by atoms with Gasteiger partial charge in [0.25, 0.3) is 0 Å². The van der Waals surface area contributed by atoms with Gasteiger partial charge in [-0.3, -0.25) is 14.4 Å². The normalized spacial score (nSPS) is 12.3. The summed E-state index contributed by atoms with van der Waals surface area (Å²) in [4.78, 5) is 38.3. The van der Waals surface area contributed by atoms with Crippen LogP contribution >= 0.6 is 0 Å². The number of hydrogen-bond donors (Lipinski definition) is 0. The van der Waals surface area contributed by atoms with Gasteiger partial charge in [0.1, 0.15) is 13.2 Å². The maximum Gasteiger partial charge on any atom is 0.306 e. The summed E-state index contributed by atoms with van der Waals surface area (Å²) in [6.45, 7) is 6.62. The minimum Gasteiger partial charge on any atom is -0.462 e. The monoisotopic (exact) mass is 1050 g/mol. The van der Waals surface area contributed by atoms with Gasteiger partial charge < -0.3 is 14.2 Å². The fourth-order valence-electron chi connectivity index (χ4n) is 9.80. The number of allylic oxidation sites excluding steroid dienone is 8. The Bertz CT molecular complexity index is 1300. The van der Waals surface area contributed by atoms with Gasteiger partial charge in [-0.05, 0) is 83.5 Å². The van der Waals surface area contributed by atoms with Crippen molar-refractivity contribution in [2.45, 2.75) is 361 Å². The zero-order valence-electron chi connectivity index (χ0n) is 50.3. The molecule has 75 heavy (non-hydrogen) atoms. The van der Waals surface area contributed by atoms with E-state index in [-0.39, 0.29) is 31.1 Å². The Labute approximate surface area is 467 Å².